The van der Waals surface area contributed by atoms with E-state index in [1.165, 1.54) is 24.0 Å². The van der Waals surface area contributed by atoms with E-state index in [4.69, 9.17) is 16.3 Å². The number of rotatable bonds is 7. The van der Waals surface area contributed by atoms with Gasteiger partial charge in [0.05, 0.1) is 5.69 Å². The molecule has 3 aromatic rings. The van der Waals surface area contributed by atoms with E-state index in [0.29, 0.717) is 25.4 Å². The number of pyridine rings is 1. The summed E-state index contributed by atoms with van der Waals surface area (Å²) in [4.78, 5) is 21.0. The fourth-order valence-electron chi connectivity index (χ4n) is 5.47. The molecule has 1 fully saturated rings. The number of aryl methyl sites for hydroxylation is 1. The van der Waals surface area contributed by atoms with Crippen molar-refractivity contribution < 1.29 is 9.53 Å². The van der Waals surface area contributed by atoms with Crippen LogP contribution in [0.15, 0.2) is 66.9 Å². The highest BCUT2D eigenvalue weighted by Crippen LogP contribution is 2.37. The van der Waals surface area contributed by atoms with Crippen LogP contribution < -0.4 is 4.74 Å². The van der Waals surface area contributed by atoms with Crippen molar-refractivity contribution >= 4 is 23.1 Å². The zero-order valence-corrected chi connectivity index (χ0v) is 23.1. The number of benzene rings is 2. The van der Waals surface area contributed by atoms with Crippen LogP contribution in [0.5, 0.6) is 5.75 Å². The Hall–Kier alpha value is -3.15. The Labute approximate surface area is 231 Å². The average molecular weight is 530 g/mol. The molecule has 1 amide bonds. The second-order valence-electron chi connectivity index (χ2n) is 10.5. The van der Waals surface area contributed by atoms with Crippen molar-refractivity contribution in [2.45, 2.75) is 44.6 Å². The van der Waals surface area contributed by atoms with Crippen LogP contribution >= 0.6 is 11.6 Å². The van der Waals surface area contributed by atoms with Gasteiger partial charge in [0.15, 0.2) is 0 Å². The number of hydrogen-bond acceptors (Lipinski definition) is 4. The second kappa shape index (κ2) is 12.1. The molecule has 2 aliphatic rings. The molecule has 1 saturated heterocycles. The van der Waals surface area contributed by atoms with Gasteiger partial charge in [0.25, 0.3) is 0 Å². The molecule has 0 radical (unpaired) electrons. The van der Waals surface area contributed by atoms with Gasteiger partial charge in [0.1, 0.15) is 12.4 Å². The van der Waals surface area contributed by atoms with E-state index in [-0.39, 0.29) is 5.91 Å². The quantitative estimate of drug-likeness (QED) is 0.358. The summed E-state index contributed by atoms with van der Waals surface area (Å²) in [6, 6.07) is 18.8. The van der Waals surface area contributed by atoms with E-state index >= 15 is 0 Å². The number of carbonyl (C=O) groups is 1. The first-order chi connectivity index (χ1) is 18.5. The lowest BCUT2D eigenvalue weighted by molar-refractivity contribution is -0.128. The Balaban J connectivity index is 1.30. The molecular formula is C32H36ClN3O2. The molecule has 1 aromatic heterocycles. The van der Waals surface area contributed by atoms with Crippen molar-refractivity contribution in [2.75, 3.05) is 33.7 Å². The minimum atomic E-state index is 0.140. The van der Waals surface area contributed by atoms with Crippen LogP contribution in [0.25, 0.3) is 5.57 Å². The molecule has 0 saturated carbocycles. The monoisotopic (exact) mass is 529 g/mol. The minimum Gasteiger partial charge on any atom is -0.487 e. The van der Waals surface area contributed by atoms with Gasteiger partial charge in [-0.3, -0.25) is 9.78 Å². The molecular weight excluding hydrogens is 494 g/mol. The standard InChI is InChI=1S/C32H36ClN3O2/c1-35(2)32(37)14-8-23-7-13-31-29(21-23)27(28-5-3-17-34-30(28)22-38-31)6-4-18-36-19-15-25(16-20-36)24-9-11-26(33)12-10-24/h3,5-7,9-13,17,21,25H,4,8,14-16,18-20,22H2,1-2H3/b27-6+. The maximum atomic E-state index is 12.2. The maximum Gasteiger partial charge on any atom is 0.222 e. The zero-order chi connectivity index (χ0) is 26.5. The van der Waals surface area contributed by atoms with Gasteiger partial charge in [-0.25, -0.2) is 0 Å². The molecule has 38 heavy (non-hydrogen) atoms. The smallest absolute Gasteiger partial charge is 0.222 e. The van der Waals surface area contributed by atoms with Crippen LogP contribution in [0.3, 0.4) is 0 Å². The molecule has 5 rings (SSSR count). The number of hydrogen-bond donors (Lipinski definition) is 0. The Kier molecular flexibility index (Phi) is 8.45. The summed E-state index contributed by atoms with van der Waals surface area (Å²) < 4.78 is 6.18. The summed E-state index contributed by atoms with van der Waals surface area (Å²) in [7, 11) is 3.61. The first kappa shape index (κ1) is 26.5. The predicted octanol–water partition coefficient (Wildman–Crippen LogP) is 6.35. The van der Waals surface area contributed by atoms with E-state index in [1.54, 1.807) is 19.0 Å². The number of halogens is 1. The van der Waals surface area contributed by atoms with E-state index in [0.717, 1.165) is 59.2 Å². The minimum absolute atomic E-state index is 0.140. The summed E-state index contributed by atoms with van der Waals surface area (Å²) in [6.45, 7) is 3.70. The van der Waals surface area contributed by atoms with Crippen molar-refractivity contribution in [3.8, 4) is 5.75 Å². The topological polar surface area (TPSA) is 45.7 Å². The van der Waals surface area contributed by atoms with Gasteiger partial charge in [0, 0.05) is 49.4 Å². The third kappa shape index (κ3) is 6.28. The molecule has 3 heterocycles. The predicted molar refractivity (Wildman–Crippen MR) is 154 cm³/mol. The number of ether oxygens (including phenoxy) is 1. The lowest BCUT2D eigenvalue weighted by atomic mass is 9.89. The van der Waals surface area contributed by atoms with E-state index < -0.39 is 0 Å². The highest BCUT2D eigenvalue weighted by Gasteiger charge is 2.22. The maximum absolute atomic E-state index is 12.2. The Morgan fingerprint density at radius 2 is 1.89 bits per heavy atom. The Morgan fingerprint density at radius 3 is 2.66 bits per heavy atom. The summed E-state index contributed by atoms with van der Waals surface area (Å²) in [6.07, 6.45) is 8.70. The molecule has 0 aliphatic carbocycles. The number of piperidine rings is 1. The van der Waals surface area contributed by atoms with Gasteiger partial charge in [-0.2, -0.15) is 0 Å². The van der Waals surface area contributed by atoms with Crippen LogP contribution in [0.2, 0.25) is 5.02 Å². The SMILES string of the molecule is CN(C)C(=O)CCc1ccc2c(c1)/C(=C/CCN1CCC(c3ccc(Cl)cc3)CC1)c1cccnc1CO2. The lowest BCUT2D eigenvalue weighted by Gasteiger charge is -2.32. The van der Waals surface area contributed by atoms with Crippen LogP contribution in [-0.2, 0) is 17.8 Å². The Morgan fingerprint density at radius 1 is 1.11 bits per heavy atom. The number of carbonyl (C=O) groups excluding carboxylic acids is 1. The van der Waals surface area contributed by atoms with Gasteiger partial charge in [0.2, 0.25) is 5.91 Å². The molecule has 0 spiro atoms. The van der Waals surface area contributed by atoms with Crippen LogP contribution in [0, 0.1) is 0 Å². The van der Waals surface area contributed by atoms with Gasteiger partial charge < -0.3 is 14.5 Å². The Bertz CT molecular complexity index is 1290. The van der Waals surface area contributed by atoms with Crippen molar-refractivity contribution in [1.29, 1.82) is 0 Å². The molecule has 0 unspecified atom stereocenters. The molecule has 5 nitrogen and oxygen atoms in total. The van der Waals surface area contributed by atoms with Crippen molar-refractivity contribution in [2.24, 2.45) is 0 Å². The van der Waals surface area contributed by atoms with E-state index in [1.807, 2.05) is 30.5 Å². The van der Waals surface area contributed by atoms with Crippen molar-refractivity contribution in [3.63, 3.8) is 0 Å². The third-order valence-electron chi connectivity index (χ3n) is 7.73. The molecule has 0 N–H and O–H groups in total. The van der Waals surface area contributed by atoms with Crippen molar-refractivity contribution in [3.05, 3.63) is 99.8 Å². The number of likely N-dealkylation sites (tertiary alicyclic amines) is 1. The lowest BCUT2D eigenvalue weighted by Crippen LogP contribution is -2.33. The molecule has 198 valence electrons. The van der Waals surface area contributed by atoms with Crippen LogP contribution in [0.4, 0.5) is 0 Å². The highest BCUT2D eigenvalue weighted by atomic mass is 35.5. The van der Waals surface area contributed by atoms with Crippen LogP contribution in [-0.4, -0.2) is 54.4 Å². The highest BCUT2D eigenvalue weighted by molar-refractivity contribution is 6.30. The molecule has 2 aliphatic heterocycles. The first-order valence-corrected chi connectivity index (χ1v) is 13.9. The largest absolute Gasteiger partial charge is 0.487 e. The third-order valence-corrected chi connectivity index (χ3v) is 7.98. The molecule has 0 bridgehead atoms. The summed E-state index contributed by atoms with van der Waals surface area (Å²) >= 11 is 6.08. The zero-order valence-electron chi connectivity index (χ0n) is 22.3. The fourth-order valence-corrected chi connectivity index (χ4v) is 5.60. The number of aromatic nitrogens is 1. The summed E-state index contributed by atoms with van der Waals surface area (Å²) in [5.41, 5.74) is 6.91. The van der Waals surface area contributed by atoms with E-state index in [2.05, 4.69) is 46.3 Å². The van der Waals surface area contributed by atoms with Crippen LogP contribution in [0.1, 0.15) is 59.5 Å². The van der Waals surface area contributed by atoms with Crippen molar-refractivity contribution in [1.82, 2.24) is 14.8 Å². The van der Waals surface area contributed by atoms with E-state index in [9.17, 15) is 4.79 Å². The van der Waals surface area contributed by atoms with Gasteiger partial charge in [-0.1, -0.05) is 41.9 Å². The second-order valence-corrected chi connectivity index (χ2v) is 10.9. The summed E-state index contributed by atoms with van der Waals surface area (Å²) in [5.74, 6) is 1.63. The van der Waals surface area contributed by atoms with Gasteiger partial charge in [-0.05, 0) is 91.7 Å². The van der Waals surface area contributed by atoms with Gasteiger partial charge in [-0.15, -0.1) is 0 Å². The molecule has 6 heteroatoms. The molecule has 2 aromatic carbocycles. The normalized spacial score (nSPS) is 16.9. The van der Waals surface area contributed by atoms with Gasteiger partial charge >= 0.3 is 0 Å². The number of fused-ring (bicyclic) bond motifs is 2. The first-order valence-electron chi connectivity index (χ1n) is 13.6. The fraction of sp³-hybridized carbons (Fsp3) is 0.375. The summed E-state index contributed by atoms with van der Waals surface area (Å²) in [5, 5.41) is 0.802. The average Bonchev–Trinajstić information content (AvgIpc) is 3.09. The molecule has 0 atom stereocenters. The number of nitrogens with zero attached hydrogens (tertiary/aromatic N) is 3. The number of amides is 1.